The van der Waals surface area contributed by atoms with Gasteiger partial charge in [-0.25, -0.2) is 9.18 Å². The van der Waals surface area contributed by atoms with Crippen molar-refractivity contribution in [2.24, 2.45) is 0 Å². The summed E-state index contributed by atoms with van der Waals surface area (Å²) in [7, 11) is 0. The Morgan fingerprint density at radius 1 is 1.24 bits per heavy atom. The van der Waals surface area contributed by atoms with Crippen LogP contribution in [0, 0.1) is 17.1 Å². The molecular weight excluding hydrogens is 321 g/mol. The average molecular weight is 337 g/mol. The third-order valence-electron chi connectivity index (χ3n) is 3.89. The molecule has 25 heavy (non-hydrogen) atoms. The normalized spacial score (nSPS) is 17.1. The zero-order valence-corrected chi connectivity index (χ0v) is 13.4. The first-order valence-electron chi connectivity index (χ1n) is 7.97. The summed E-state index contributed by atoms with van der Waals surface area (Å²) >= 11 is 0. The molecule has 0 saturated carbocycles. The van der Waals surface area contributed by atoms with Crippen molar-refractivity contribution < 1.29 is 18.7 Å². The SMILES string of the molecule is N#C/C(=C/c1ccc(OC(=O)C2CCCO2)cc1)c1ccccc1F. The van der Waals surface area contributed by atoms with Crippen LogP contribution < -0.4 is 4.74 Å². The largest absolute Gasteiger partial charge is 0.425 e. The fourth-order valence-electron chi connectivity index (χ4n) is 2.59. The molecule has 126 valence electrons. The van der Waals surface area contributed by atoms with E-state index in [4.69, 9.17) is 9.47 Å². The van der Waals surface area contributed by atoms with E-state index in [0.717, 1.165) is 6.42 Å². The molecule has 4 nitrogen and oxygen atoms in total. The monoisotopic (exact) mass is 337 g/mol. The van der Waals surface area contributed by atoms with Gasteiger partial charge in [0, 0.05) is 12.2 Å². The topological polar surface area (TPSA) is 59.3 Å². The van der Waals surface area contributed by atoms with E-state index in [1.54, 1.807) is 48.5 Å². The maximum Gasteiger partial charge on any atom is 0.340 e. The van der Waals surface area contributed by atoms with E-state index in [0.29, 0.717) is 24.3 Å². The van der Waals surface area contributed by atoms with Crippen LogP contribution in [0.1, 0.15) is 24.0 Å². The van der Waals surface area contributed by atoms with Gasteiger partial charge in [-0.05, 0) is 42.7 Å². The second kappa shape index (κ2) is 7.73. The average Bonchev–Trinajstić information content (AvgIpc) is 3.17. The zero-order valence-electron chi connectivity index (χ0n) is 13.4. The molecule has 2 aromatic carbocycles. The van der Waals surface area contributed by atoms with E-state index in [1.807, 2.05) is 6.07 Å². The maximum absolute atomic E-state index is 13.8. The molecule has 1 atom stereocenters. The Kier molecular flexibility index (Phi) is 5.22. The fraction of sp³-hybridized carbons (Fsp3) is 0.200. The van der Waals surface area contributed by atoms with Crippen molar-refractivity contribution in [1.82, 2.24) is 0 Å². The summed E-state index contributed by atoms with van der Waals surface area (Å²) in [4.78, 5) is 11.9. The van der Waals surface area contributed by atoms with Gasteiger partial charge in [0.15, 0.2) is 6.10 Å². The Labute approximate surface area is 145 Å². The number of allylic oxidation sites excluding steroid dienone is 1. The zero-order chi connectivity index (χ0) is 17.6. The first-order valence-corrected chi connectivity index (χ1v) is 7.97. The van der Waals surface area contributed by atoms with E-state index < -0.39 is 17.9 Å². The van der Waals surface area contributed by atoms with Crippen LogP contribution >= 0.6 is 0 Å². The van der Waals surface area contributed by atoms with Gasteiger partial charge in [0.25, 0.3) is 0 Å². The lowest BCUT2D eigenvalue weighted by atomic mass is 10.0. The molecular formula is C20H16FNO3. The van der Waals surface area contributed by atoms with E-state index in [-0.39, 0.29) is 11.1 Å². The molecule has 2 aromatic rings. The molecule has 1 aliphatic rings. The minimum atomic E-state index is -0.495. The first kappa shape index (κ1) is 16.9. The molecule has 0 amide bonds. The lowest BCUT2D eigenvalue weighted by molar-refractivity contribution is -0.144. The van der Waals surface area contributed by atoms with Crippen molar-refractivity contribution in [3.05, 3.63) is 65.5 Å². The number of nitrogens with zero attached hydrogens (tertiary/aromatic N) is 1. The van der Waals surface area contributed by atoms with Crippen LogP contribution in [0.2, 0.25) is 0 Å². The number of ether oxygens (including phenoxy) is 2. The highest BCUT2D eigenvalue weighted by molar-refractivity contribution is 5.89. The van der Waals surface area contributed by atoms with Crippen LogP contribution in [-0.4, -0.2) is 18.7 Å². The molecule has 1 saturated heterocycles. The summed E-state index contributed by atoms with van der Waals surface area (Å²) in [6.07, 6.45) is 2.62. The highest BCUT2D eigenvalue weighted by Crippen LogP contribution is 2.22. The summed E-state index contributed by atoms with van der Waals surface area (Å²) in [5.41, 5.74) is 1.18. The summed E-state index contributed by atoms with van der Waals surface area (Å²) in [5.74, 6) is -0.440. The van der Waals surface area contributed by atoms with E-state index in [1.165, 1.54) is 6.07 Å². The number of nitriles is 1. The maximum atomic E-state index is 13.8. The number of halogens is 1. The van der Waals surface area contributed by atoms with Gasteiger partial charge in [0.1, 0.15) is 11.6 Å². The lowest BCUT2D eigenvalue weighted by Gasteiger charge is -2.09. The van der Waals surface area contributed by atoms with Gasteiger partial charge < -0.3 is 9.47 Å². The number of hydrogen-bond donors (Lipinski definition) is 0. The van der Waals surface area contributed by atoms with Crippen molar-refractivity contribution in [3.8, 4) is 11.8 Å². The van der Waals surface area contributed by atoms with Crippen LogP contribution in [-0.2, 0) is 9.53 Å². The second-order valence-electron chi connectivity index (χ2n) is 5.64. The second-order valence-corrected chi connectivity index (χ2v) is 5.64. The van der Waals surface area contributed by atoms with Gasteiger partial charge in [0.05, 0.1) is 11.6 Å². The number of benzene rings is 2. The van der Waals surface area contributed by atoms with Crippen LogP contribution in [0.25, 0.3) is 11.6 Å². The minimum absolute atomic E-state index is 0.224. The molecule has 1 fully saturated rings. The van der Waals surface area contributed by atoms with Crippen molar-refractivity contribution in [2.45, 2.75) is 18.9 Å². The molecule has 0 bridgehead atoms. The van der Waals surface area contributed by atoms with Crippen LogP contribution in [0.15, 0.2) is 48.5 Å². The predicted octanol–water partition coefficient (Wildman–Crippen LogP) is 3.97. The molecule has 0 spiro atoms. The smallest absolute Gasteiger partial charge is 0.340 e. The van der Waals surface area contributed by atoms with Crippen LogP contribution in [0.3, 0.4) is 0 Å². The number of esters is 1. The quantitative estimate of drug-likeness (QED) is 0.366. The summed E-state index contributed by atoms with van der Waals surface area (Å²) in [6, 6.07) is 14.8. The Hall–Kier alpha value is -2.97. The third kappa shape index (κ3) is 4.11. The summed E-state index contributed by atoms with van der Waals surface area (Å²) < 4.78 is 24.4. The predicted molar refractivity (Wildman–Crippen MR) is 90.9 cm³/mol. The van der Waals surface area contributed by atoms with E-state index >= 15 is 0 Å². The Bertz CT molecular complexity index is 831. The first-order chi connectivity index (χ1) is 12.2. The minimum Gasteiger partial charge on any atom is -0.425 e. The van der Waals surface area contributed by atoms with E-state index in [2.05, 4.69) is 0 Å². The number of rotatable bonds is 4. The van der Waals surface area contributed by atoms with Gasteiger partial charge in [0.2, 0.25) is 0 Å². The third-order valence-corrected chi connectivity index (χ3v) is 3.89. The number of carbonyl (C=O) groups is 1. The van der Waals surface area contributed by atoms with Gasteiger partial charge in [-0.3, -0.25) is 0 Å². The van der Waals surface area contributed by atoms with Gasteiger partial charge in [-0.2, -0.15) is 5.26 Å². The van der Waals surface area contributed by atoms with Crippen molar-refractivity contribution in [2.75, 3.05) is 6.61 Å². The molecule has 0 N–H and O–H groups in total. The van der Waals surface area contributed by atoms with E-state index in [9.17, 15) is 14.4 Å². The molecule has 3 rings (SSSR count). The molecule has 0 aliphatic carbocycles. The molecule has 1 unspecified atom stereocenters. The van der Waals surface area contributed by atoms with Gasteiger partial charge in [-0.1, -0.05) is 30.3 Å². The standard InChI is InChI=1S/C20H16FNO3/c21-18-5-2-1-4-17(18)15(13-22)12-14-7-9-16(10-8-14)25-20(23)19-6-3-11-24-19/h1-2,4-5,7-10,12,19H,3,6,11H2/b15-12-. The molecule has 1 heterocycles. The summed E-state index contributed by atoms with van der Waals surface area (Å²) in [5, 5.41) is 9.29. The number of hydrogen-bond acceptors (Lipinski definition) is 4. The van der Waals surface area contributed by atoms with Gasteiger partial charge in [-0.15, -0.1) is 0 Å². The summed E-state index contributed by atoms with van der Waals surface area (Å²) in [6.45, 7) is 0.580. The van der Waals surface area contributed by atoms with Crippen molar-refractivity contribution in [3.63, 3.8) is 0 Å². The molecule has 5 heteroatoms. The Morgan fingerprint density at radius 3 is 2.64 bits per heavy atom. The Balaban J connectivity index is 1.74. The van der Waals surface area contributed by atoms with Crippen LogP contribution in [0.4, 0.5) is 4.39 Å². The van der Waals surface area contributed by atoms with Crippen molar-refractivity contribution in [1.29, 1.82) is 5.26 Å². The molecule has 1 aliphatic heterocycles. The fourth-order valence-corrected chi connectivity index (χ4v) is 2.59. The Morgan fingerprint density at radius 2 is 2.00 bits per heavy atom. The van der Waals surface area contributed by atoms with Crippen LogP contribution in [0.5, 0.6) is 5.75 Å². The number of carbonyl (C=O) groups excluding carboxylic acids is 1. The molecule has 0 radical (unpaired) electrons. The highest BCUT2D eigenvalue weighted by atomic mass is 19.1. The van der Waals surface area contributed by atoms with Gasteiger partial charge >= 0.3 is 5.97 Å². The highest BCUT2D eigenvalue weighted by Gasteiger charge is 2.25. The lowest BCUT2D eigenvalue weighted by Crippen LogP contribution is -2.24. The molecule has 0 aromatic heterocycles. The van der Waals surface area contributed by atoms with Crippen molar-refractivity contribution >= 4 is 17.6 Å².